The zero-order chi connectivity index (χ0) is 22.5. The number of aliphatic hydroxyl groups is 1. The number of hydrogen-bond donors (Lipinski definition) is 4. The molecule has 3 aliphatic rings. The fourth-order valence-corrected chi connectivity index (χ4v) is 4.16. The number of nitrogens with one attached hydrogen (secondary N) is 2. The minimum Gasteiger partial charge on any atom is -0.396 e. The SMILES string of the molecule is O=C1C=NC2NC(c3ccc(C#CC#CC4CCC(CO)C4)cc3)=CC(C(=O)NO)=C2C1. The van der Waals surface area contributed by atoms with Crippen molar-refractivity contribution in [2.24, 2.45) is 16.8 Å². The van der Waals surface area contributed by atoms with Crippen molar-refractivity contribution in [2.75, 3.05) is 6.61 Å². The van der Waals surface area contributed by atoms with Crippen LogP contribution in [0.25, 0.3) is 5.70 Å². The van der Waals surface area contributed by atoms with Gasteiger partial charge in [-0.05, 0) is 66.4 Å². The lowest BCUT2D eigenvalue weighted by atomic mass is 9.92. The quantitative estimate of drug-likeness (QED) is 0.331. The molecule has 0 aromatic heterocycles. The van der Waals surface area contributed by atoms with E-state index in [0.29, 0.717) is 23.1 Å². The van der Waals surface area contributed by atoms with Gasteiger partial charge < -0.3 is 10.4 Å². The second kappa shape index (κ2) is 9.65. The van der Waals surface area contributed by atoms with E-state index in [4.69, 9.17) is 5.21 Å². The molecule has 2 heterocycles. The number of Topliss-reactive ketones (excluding diaryl/α,β-unsaturated/α-hetero) is 1. The van der Waals surface area contributed by atoms with E-state index >= 15 is 0 Å². The predicted octanol–water partition coefficient (Wildman–Crippen LogP) is 1.57. The van der Waals surface area contributed by atoms with Gasteiger partial charge in [0.15, 0.2) is 5.78 Å². The summed E-state index contributed by atoms with van der Waals surface area (Å²) in [5.74, 6) is 11.8. The van der Waals surface area contributed by atoms with Crippen LogP contribution in [-0.2, 0) is 9.59 Å². The Hall–Kier alpha value is -3.65. The summed E-state index contributed by atoms with van der Waals surface area (Å²) in [6, 6.07) is 7.47. The van der Waals surface area contributed by atoms with Crippen molar-refractivity contribution in [2.45, 2.75) is 31.8 Å². The van der Waals surface area contributed by atoms with Crippen LogP contribution >= 0.6 is 0 Å². The Kier molecular flexibility index (Phi) is 6.51. The maximum Gasteiger partial charge on any atom is 0.274 e. The van der Waals surface area contributed by atoms with Crippen molar-refractivity contribution in [3.05, 3.63) is 52.6 Å². The van der Waals surface area contributed by atoms with Crippen LogP contribution in [0.5, 0.6) is 0 Å². The molecule has 7 nitrogen and oxygen atoms in total. The van der Waals surface area contributed by atoms with E-state index in [1.54, 1.807) is 11.6 Å². The van der Waals surface area contributed by atoms with Crippen LogP contribution in [0, 0.1) is 35.5 Å². The first kappa shape index (κ1) is 21.6. The Labute approximate surface area is 186 Å². The summed E-state index contributed by atoms with van der Waals surface area (Å²) in [5.41, 5.74) is 4.68. The third-order valence-corrected chi connectivity index (χ3v) is 5.88. The minimum atomic E-state index is -0.678. The van der Waals surface area contributed by atoms with Crippen molar-refractivity contribution >= 4 is 23.6 Å². The van der Waals surface area contributed by atoms with E-state index in [1.807, 2.05) is 24.3 Å². The molecule has 3 atom stereocenters. The Bertz CT molecular complexity index is 1140. The maximum absolute atomic E-state index is 12.1. The number of aliphatic imine (C=N–C) groups is 1. The molecule has 0 saturated heterocycles. The minimum absolute atomic E-state index is 0.0742. The van der Waals surface area contributed by atoms with Crippen molar-refractivity contribution in [1.29, 1.82) is 0 Å². The molecular weight excluding hydrogens is 406 g/mol. The molecule has 7 heteroatoms. The monoisotopic (exact) mass is 429 g/mol. The van der Waals surface area contributed by atoms with E-state index in [0.717, 1.165) is 30.4 Å². The Balaban J connectivity index is 1.49. The van der Waals surface area contributed by atoms with E-state index < -0.39 is 12.1 Å². The molecule has 4 N–H and O–H groups in total. The van der Waals surface area contributed by atoms with Crippen molar-refractivity contribution in [1.82, 2.24) is 10.8 Å². The molecular formula is C25H23N3O4. The van der Waals surface area contributed by atoms with Crippen LogP contribution in [0.1, 0.15) is 36.8 Å². The fourth-order valence-electron chi connectivity index (χ4n) is 4.16. The topological polar surface area (TPSA) is 111 Å². The average molecular weight is 429 g/mol. The predicted molar refractivity (Wildman–Crippen MR) is 119 cm³/mol. The van der Waals surface area contributed by atoms with Crippen molar-refractivity contribution < 1.29 is 19.9 Å². The zero-order valence-electron chi connectivity index (χ0n) is 17.4. The highest BCUT2D eigenvalue weighted by atomic mass is 16.5. The van der Waals surface area contributed by atoms with Gasteiger partial charge in [0.05, 0.1) is 6.21 Å². The number of ketones is 1. The summed E-state index contributed by atoms with van der Waals surface area (Å²) < 4.78 is 0. The summed E-state index contributed by atoms with van der Waals surface area (Å²) in [6.07, 6.45) is 5.39. The highest BCUT2D eigenvalue weighted by molar-refractivity contribution is 6.29. The van der Waals surface area contributed by atoms with Crippen molar-refractivity contribution in [3.8, 4) is 23.7 Å². The van der Waals surface area contributed by atoms with Gasteiger partial charge in [0, 0.05) is 35.8 Å². The number of fused-ring (bicyclic) bond motifs is 1. The number of hydrogen-bond acceptors (Lipinski definition) is 6. The summed E-state index contributed by atoms with van der Waals surface area (Å²) in [6.45, 7) is 0.232. The average Bonchev–Trinajstić information content (AvgIpc) is 3.29. The van der Waals surface area contributed by atoms with Gasteiger partial charge in [0.1, 0.15) is 6.17 Å². The molecule has 0 spiro atoms. The van der Waals surface area contributed by atoms with Crippen LogP contribution < -0.4 is 10.8 Å². The lowest BCUT2D eigenvalue weighted by Gasteiger charge is -2.29. The molecule has 1 saturated carbocycles. The van der Waals surface area contributed by atoms with Gasteiger partial charge in [-0.3, -0.25) is 19.8 Å². The number of rotatable bonds is 3. The van der Waals surface area contributed by atoms with E-state index in [1.165, 1.54) is 6.21 Å². The Morgan fingerprint density at radius 3 is 2.75 bits per heavy atom. The molecule has 1 amide bonds. The van der Waals surface area contributed by atoms with Crippen molar-refractivity contribution in [3.63, 3.8) is 0 Å². The van der Waals surface area contributed by atoms with Crippen LogP contribution in [0.2, 0.25) is 0 Å². The summed E-state index contributed by atoms with van der Waals surface area (Å²) in [5, 5.41) is 21.5. The summed E-state index contributed by atoms with van der Waals surface area (Å²) in [4.78, 5) is 28.0. The second-order valence-corrected chi connectivity index (χ2v) is 8.06. The number of aliphatic hydroxyl groups excluding tert-OH is 1. The van der Waals surface area contributed by atoms with Gasteiger partial charge in [-0.15, -0.1) is 0 Å². The van der Waals surface area contributed by atoms with Gasteiger partial charge in [0.2, 0.25) is 0 Å². The number of carbonyl (C=O) groups excluding carboxylic acids is 2. The van der Waals surface area contributed by atoms with Crippen LogP contribution in [0.15, 0.2) is 46.5 Å². The molecule has 0 radical (unpaired) electrons. The molecule has 162 valence electrons. The first-order valence-corrected chi connectivity index (χ1v) is 10.5. The van der Waals surface area contributed by atoms with E-state index in [9.17, 15) is 14.7 Å². The number of carbonyl (C=O) groups is 2. The number of hydroxylamine groups is 1. The molecule has 0 bridgehead atoms. The third kappa shape index (κ3) is 4.81. The Morgan fingerprint density at radius 2 is 2.03 bits per heavy atom. The van der Waals surface area contributed by atoms with Gasteiger partial charge in [-0.25, -0.2) is 5.48 Å². The third-order valence-electron chi connectivity index (χ3n) is 5.88. The van der Waals surface area contributed by atoms with Crippen LogP contribution in [0.4, 0.5) is 0 Å². The summed E-state index contributed by atoms with van der Waals surface area (Å²) >= 11 is 0. The number of nitrogens with zero attached hydrogens (tertiary/aromatic N) is 1. The molecule has 32 heavy (non-hydrogen) atoms. The molecule has 2 aliphatic heterocycles. The Morgan fingerprint density at radius 1 is 1.22 bits per heavy atom. The van der Waals surface area contributed by atoms with Gasteiger partial charge in [-0.2, -0.15) is 0 Å². The molecule has 1 aromatic rings. The lowest BCUT2D eigenvalue weighted by molar-refractivity contribution is -0.125. The number of amides is 1. The molecule has 1 aliphatic carbocycles. The smallest absolute Gasteiger partial charge is 0.274 e. The van der Waals surface area contributed by atoms with E-state index in [-0.39, 0.29) is 24.4 Å². The second-order valence-electron chi connectivity index (χ2n) is 8.06. The fraction of sp³-hybridized carbons (Fsp3) is 0.320. The largest absolute Gasteiger partial charge is 0.396 e. The maximum atomic E-state index is 12.1. The normalized spacial score (nSPS) is 23.8. The molecule has 1 fully saturated rings. The highest BCUT2D eigenvalue weighted by Crippen LogP contribution is 2.30. The number of dihydropyridines is 1. The van der Waals surface area contributed by atoms with Gasteiger partial charge in [0.25, 0.3) is 5.91 Å². The van der Waals surface area contributed by atoms with E-state index in [2.05, 4.69) is 34.0 Å². The van der Waals surface area contributed by atoms with Gasteiger partial charge in [-0.1, -0.05) is 24.0 Å². The first-order valence-electron chi connectivity index (χ1n) is 10.5. The zero-order valence-corrected chi connectivity index (χ0v) is 17.4. The highest BCUT2D eigenvalue weighted by Gasteiger charge is 2.30. The van der Waals surface area contributed by atoms with Crippen LogP contribution in [0.3, 0.4) is 0 Å². The number of benzene rings is 1. The summed E-state index contributed by atoms with van der Waals surface area (Å²) in [7, 11) is 0. The lowest BCUT2D eigenvalue weighted by Crippen LogP contribution is -2.38. The molecule has 4 rings (SSSR count). The first-order chi connectivity index (χ1) is 15.6. The molecule has 1 aromatic carbocycles. The van der Waals surface area contributed by atoms with Gasteiger partial charge >= 0.3 is 0 Å². The standard InChI is InChI=1S/C25H23N3O4/c29-15-18-6-5-17(11-18)4-2-1-3-16-7-9-19(10-8-16)23-13-22(25(31)28-32)21-12-20(30)14-26-24(21)27-23/h7-10,13-14,17-18,24,27,29,32H,5-6,11-12,15H2,(H,28,31). The molecule has 3 unspecified atom stereocenters. The van der Waals surface area contributed by atoms with Crippen LogP contribution in [-0.4, -0.2) is 41.0 Å².